The van der Waals surface area contributed by atoms with E-state index in [4.69, 9.17) is 5.11 Å². The molecule has 114 valence electrons. The zero-order chi connectivity index (χ0) is 15.9. The topological polar surface area (TPSA) is 66.4 Å². The summed E-state index contributed by atoms with van der Waals surface area (Å²) in [5.41, 5.74) is 0.952. The zero-order valence-corrected chi connectivity index (χ0v) is 13.5. The first-order valence-corrected chi connectivity index (χ1v) is 8.70. The smallest absolute Gasteiger partial charge is 0.336 e. The van der Waals surface area contributed by atoms with Gasteiger partial charge in [0.05, 0.1) is 11.3 Å². The summed E-state index contributed by atoms with van der Waals surface area (Å²) >= 11 is 2.82. The van der Waals surface area contributed by atoms with Crippen LogP contribution in [0.5, 0.6) is 0 Å². The van der Waals surface area contributed by atoms with E-state index < -0.39 is 5.97 Å². The molecular weight excluding hydrogens is 318 g/mol. The normalized spacial score (nSPS) is 10.2. The van der Waals surface area contributed by atoms with Gasteiger partial charge in [0.2, 0.25) is 5.91 Å². The first kappa shape index (κ1) is 16.5. The molecule has 0 saturated carbocycles. The molecule has 0 fully saturated rings. The summed E-state index contributed by atoms with van der Waals surface area (Å²) in [7, 11) is 0. The molecule has 2 rings (SSSR count). The van der Waals surface area contributed by atoms with Crippen LogP contribution in [0.1, 0.15) is 10.4 Å². The number of thioether (sulfide) groups is 2. The van der Waals surface area contributed by atoms with Crippen molar-refractivity contribution in [3.05, 3.63) is 54.1 Å². The van der Waals surface area contributed by atoms with Crippen LogP contribution >= 0.6 is 23.5 Å². The Bertz CT molecular complexity index is 689. The van der Waals surface area contributed by atoms with Crippen molar-refractivity contribution >= 4 is 41.1 Å². The number of carbonyl (C=O) groups is 2. The molecule has 2 N–H and O–H groups in total. The summed E-state index contributed by atoms with van der Waals surface area (Å²) in [6.45, 7) is 0. The van der Waals surface area contributed by atoms with Gasteiger partial charge in [-0.15, -0.1) is 23.5 Å². The van der Waals surface area contributed by atoms with Crippen molar-refractivity contribution in [1.29, 1.82) is 0 Å². The Morgan fingerprint density at radius 3 is 2.64 bits per heavy atom. The third kappa shape index (κ3) is 4.54. The molecule has 0 spiro atoms. The molecule has 0 heterocycles. The standard InChI is InChI=1S/C16H15NO3S2/c1-21-12-6-4-5-11(9-12)17-15(18)10-22-14-8-3-2-7-13(14)16(19)20/h2-9H,10H2,1H3,(H,17,18)(H,19,20). The highest BCUT2D eigenvalue weighted by atomic mass is 32.2. The summed E-state index contributed by atoms with van der Waals surface area (Å²) in [5, 5.41) is 11.9. The minimum atomic E-state index is -0.990. The van der Waals surface area contributed by atoms with Crippen molar-refractivity contribution in [2.75, 3.05) is 17.3 Å². The van der Waals surface area contributed by atoms with Crippen molar-refractivity contribution in [1.82, 2.24) is 0 Å². The van der Waals surface area contributed by atoms with E-state index >= 15 is 0 Å². The number of carbonyl (C=O) groups excluding carboxylic acids is 1. The Labute approximate surface area is 137 Å². The number of hydrogen-bond acceptors (Lipinski definition) is 4. The minimum absolute atomic E-state index is 0.161. The maximum absolute atomic E-state index is 12.0. The molecule has 2 aromatic rings. The van der Waals surface area contributed by atoms with E-state index in [-0.39, 0.29) is 17.2 Å². The van der Waals surface area contributed by atoms with E-state index in [0.29, 0.717) is 4.90 Å². The number of amides is 1. The minimum Gasteiger partial charge on any atom is -0.478 e. The van der Waals surface area contributed by atoms with Gasteiger partial charge in [0, 0.05) is 15.5 Å². The second-order valence-electron chi connectivity index (χ2n) is 4.37. The van der Waals surface area contributed by atoms with E-state index in [0.717, 1.165) is 10.6 Å². The summed E-state index contributed by atoms with van der Waals surface area (Å²) < 4.78 is 0. The van der Waals surface area contributed by atoms with Gasteiger partial charge in [-0.05, 0) is 36.6 Å². The fourth-order valence-corrected chi connectivity index (χ4v) is 3.11. The number of hydrogen-bond donors (Lipinski definition) is 2. The lowest BCUT2D eigenvalue weighted by Gasteiger charge is -2.08. The lowest BCUT2D eigenvalue weighted by Crippen LogP contribution is -2.14. The van der Waals surface area contributed by atoms with Crippen LogP contribution in [0.4, 0.5) is 5.69 Å². The molecule has 0 atom stereocenters. The largest absolute Gasteiger partial charge is 0.478 e. The van der Waals surface area contributed by atoms with Gasteiger partial charge in [-0.3, -0.25) is 4.79 Å². The molecular formula is C16H15NO3S2. The molecule has 6 heteroatoms. The quantitative estimate of drug-likeness (QED) is 0.786. The predicted molar refractivity (Wildman–Crippen MR) is 91.0 cm³/mol. The van der Waals surface area contributed by atoms with Gasteiger partial charge in [0.15, 0.2) is 0 Å². The third-order valence-electron chi connectivity index (χ3n) is 2.83. The number of carboxylic acid groups (broad SMARTS) is 1. The summed E-state index contributed by atoms with van der Waals surface area (Å²) in [4.78, 5) is 24.7. The SMILES string of the molecule is CSc1cccc(NC(=O)CSc2ccccc2C(=O)O)c1. The summed E-state index contributed by atoms with van der Waals surface area (Å²) in [6.07, 6.45) is 1.97. The molecule has 0 saturated heterocycles. The van der Waals surface area contributed by atoms with Crippen LogP contribution in [-0.4, -0.2) is 29.0 Å². The maximum atomic E-state index is 12.0. The Morgan fingerprint density at radius 1 is 1.14 bits per heavy atom. The number of nitrogens with one attached hydrogen (secondary N) is 1. The average Bonchev–Trinajstić information content (AvgIpc) is 2.53. The van der Waals surface area contributed by atoms with Crippen molar-refractivity contribution in [2.45, 2.75) is 9.79 Å². The summed E-state index contributed by atoms with van der Waals surface area (Å²) in [5.74, 6) is -0.993. The number of benzene rings is 2. The van der Waals surface area contributed by atoms with Crippen LogP contribution in [0.25, 0.3) is 0 Å². The highest BCUT2D eigenvalue weighted by Gasteiger charge is 2.11. The van der Waals surface area contributed by atoms with Crippen LogP contribution in [0.2, 0.25) is 0 Å². The lowest BCUT2D eigenvalue weighted by atomic mass is 10.2. The third-order valence-corrected chi connectivity index (χ3v) is 4.63. The van der Waals surface area contributed by atoms with E-state index in [1.54, 1.807) is 30.0 Å². The van der Waals surface area contributed by atoms with Crippen LogP contribution in [0.15, 0.2) is 58.3 Å². The Balaban J connectivity index is 1.97. The van der Waals surface area contributed by atoms with Crippen LogP contribution in [0.3, 0.4) is 0 Å². The van der Waals surface area contributed by atoms with Crippen LogP contribution < -0.4 is 5.32 Å². The van der Waals surface area contributed by atoms with Crippen molar-refractivity contribution in [2.24, 2.45) is 0 Å². The first-order chi connectivity index (χ1) is 10.6. The fraction of sp³-hybridized carbons (Fsp3) is 0.125. The fourth-order valence-electron chi connectivity index (χ4n) is 1.81. The van der Waals surface area contributed by atoms with Crippen molar-refractivity contribution < 1.29 is 14.7 Å². The lowest BCUT2D eigenvalue weighted by molar-refractivity contribution is -0.113. The van der Waals surface area contributed by atoms with Gasteiger partial charge in [0.1, 0.15) is 0 Å². The number of anilines is 1. The number of carboxylic acids is 1. The first-order valence-electron chi connectivity index (χ1n) is 6.49. The van der Waals surface area contributed by atoms with E-state index in [1.165, 1.54) is 17.8 Å². The highest BCUT2D eigenvalue weighted by Crippen LogP contribution is 2.23. The van der Waals surface area contributed by atoms with Gasteiger partial charge < -0.3 is 10.4 Å². The second kappa shape index (κ2) is 7.91. The molecule has 0 radical (unpaired) electrons. The van der Waals surface area contributed by atoms with Gasteiger partial charge in [0.25, 0.3) is 0 Å². The molecule has 2 aromatic carbocycles. The molecule has 22 heavy (non-hydrogen) atoms. The molecule has 0 unspecified atom stereocenters. The molecule has 0 aliphatic heterocycles. The highest BCUT2D eigenvalue weighted by molar-refractivity contribution is 8.00. The Kier molecular flexibility index (Phi) is 5.91. The molecule has 0 aliphatic carbocycles. The van der Waals surface area contributed by atoms with Crippen molar-refractivity contribution in [3.8, 4) is 0 Å². The second-order valence-corrected chi connectivity index (χ2v) is 6.27. The zero-order valence-electron chi connectivity index (χ0n) is 11.9. The van der Waals surface area contributed by atoms with Crippen LogP contribution in [0, 0.1) is 0 Å². The van der Waals surface area contributed by atoms with E-state index in [1.807, 2.05) is 30.5 Å². The number of rotatable bonds is 6. The maximum Gasteiger partial charge on any atom is 0.336 e. The predicted octanol–water partition coefficient (Wildman–Crippen LogP) is 3.84. The van der Waals surface area contributed by atoms with Gasteiger partial charge >= 0.3 is 5.97 Å². The molecule has 0 bridgehead atoms. The molecule has 0 aromatic heterocycles. The molecule has 4 nitrogen and oxygen atoms in total. The Hall–Kier alpha value is -1.92. The van der Waals surface area contributed by atoms with Gasteiger partial charge in [-0.1, -0.05) is 18.2 Å². The Morgan fingerprint density at radius 2 is 1.91 bits per heavy atom. The van der Waals surface area contributed by atoms with Gasteiger partial charge in [-0.25, -0.2) is 4.79 Å². The van der Waals surface area contributed by atoms with E-state index in [9.17, 15) is 9.59 Å². The van der Waals surface area contributed by atoms with Gasteiger partial charge in [-0.2, -0.15) is 0 Å². The van der Waals surface area contributed by atoms with Crippen LogP contribution in [-0.2, 0) is 4.79 Å². The average molecular weight is 333 g/mol. The summed E-state index contributed by atoms with van der Waals surface area (Å²) in [6, 6.07) is 14.2. The number of aromatic carboxylic acids is 1. The molecule has 0 aliphatic rings. The van der Waals surface area contributed by atoms with Crippen molar-refractivity contribution in [3.63, 3.8) is 0 Å². The molecule has 1 amide bonds. The monoisotopic (exact) mass is 333 g/mol. The van der Waals surface area contributed by atoms with E-state index in [2.05, 4.69) is 5.32 Å².